The Morgan fingerprint density at radius 2 is 1.76 bits per heavy atom. The van der Waals surface area contributed by atoms with Gasteiger partial charge in [0.05, 0.1) is 25.9 Å². The maximum Gasteiger partial charge on any atom is 0.303 e. The molecule has 0 aromatic heterocycles. The molecule has 0 unspecified atom stereocenters. The number of ether oxygens (including phenoxy) is 1. The molecule has 0 fully saturated rings. The van der Waals surface area contributed by atoms with E-state index in [0.717, 1.165) is 41.2 Å². The number of anilines is 1. The molecule has 0 saturated heterocycles. The van der Waals surface area contributed by atoms with E-state index in [1.165, 1.54) is 7.11 Å². The molecule has 0 radical (unpaired) electrons. The van der Waals surface area contributed by atoms with Crippen molar-refractivity contribution in [2.75, 3.05) is 25.2 Å². The van der Waals surface area contributed by atoms with Crippen LogP contribution in [0.2, 0.25) is 0 Å². The largest absolute Gasteiger partial charge is 0.494 e. The van der Waals surface area contributed by atoms with Gasteiger partial charge in [0.25, 0.3) is 0 Å². The molecule has 1 aliphatic rings. The number of amides is 2. The number of hydrogen-bond donors (Lipinski definition) is 2. The number of nitrogens with one attached hydrogen (secondary N) is 1. The Hall–Kier alpha value is -3.50. The molecule has 1 heterocycles. The second-order valence-electron chi connectivity index (χ2n) is 8.76. The fourth-order valence-corrected chi connectivity index (χ4v) is 4.21. The van der Waals surface area contributed by atoms with Gasteiger partial charge in [-0.3, -0.25) is 18.6 Å². The number of carbonyl (C=O) groups is 3. The van der Waals surface area contributed by atoms with Crippen molar-refractivity contribution >= 4 is 47.9 Å². The Balaban J connectivity index is 1.78. The number of rotatable bonds is 14. The first kappa shape index (κ1) is 29.1. The Labute approximate surface area is 227 Å². The van der Waals surface area contributed by atoms with E-state index in [2.05, 4.69) is 5.32 Å². The molecule has 0 aliphatic carbocycles. The summed E-state index contributed by atoms with van der Waals surface area (Å²) in [5.41, 5.74) is 3.50. The summed E-state index contributed by atoms with van der Waals surface area (Å²) in [6.45, 7) is 3.28. The minimum absolute atomic E-state index is 0.00282. The molecule has 2 aromatic carbocycles. The Kier molecular flexibility index (Phi) is 11.5. The molecular formula is C28H34N2O7S. The van der Waals surface area contributed by atoms with E-state index < -0.39 is 5.97 Å². The molecule has 2 amide bonds. The highest BCUT2D eigenvalue weighted by atomic mass is 32.2. The average Bonchev–Trinajstić information content (AvgIpc) is 2.90. The summed E-state index contributed by atoms with van der Waals surface area (Å²) in [5, 5.41) is 11.4. The lowest BCUT2D eigenvalue weighted by atomic mass is 10.00. The molecule has 38 heavy (non-hydrogen) atoms. The van der Waals surface area contributed by atoms with Gasteiger partial charge < -0.3 is 24.2 Å². The molecule has 0 saturated carbocycles. The van der Waals surface area contributed by atoms with Gasteiger partial charge in [0.2, 0.25) is 24.1 Å². The zero-order chi connectivity index (χ0) is 27.3. The van der Waals surface area contributed by atoms with Crippen molar-refractivity contribution in [3.8, 4) is 11.5 Å². The topological polar surface area (TPSA) is 114 Å². The molecule has 2 aromatic rings. The van der Waals surface area contributed by atoms with Crippen LogP contribution in [-0.2, 0) is 25.1 Å². The fraction of sp³-hybridized carbons (Fsp3) is 0.393. The van der Waals surface area contributed by atoms with Gasteiger partial charge in [-0.2, -0.15) is 0 Å². The van der Waals surface area contributed by atoms with Gasteiger partial charge in [-0.25, -0.2) is 0 Å². The molecule has 0 spiro atoms. The first-order chi connectivity index (χ1) is 18.4. The minimum Gasteiger partial charge on any atom is -0.494 e. The van der Waals surface area contributed by atoms with Crippen molar-refractivity contribution in [2.24, 2.45) is 0 Å². The van der Waals surface area contributed by atoms with Crippen LogP contribution >= 0.6 is 12.3 Å². The van der Waals surface area contributed by atoms with Crippen molar-refractivity contribution < 1.29 is 32.6 Å². The van der Waals surface area contributed by atoms with E-state index in [4.69, 9.17) is 18.2 Å². The standard InChI is InChI=1S/C28H34N2O7S/c1-3-16-36-23-13-11-20-9-10-21-12-14-24(37-38-35-2)18-25(21)30(19-22(20)17-23)27(32)7-4-6-26(31)29-15-5-8-28(33)34/h9-14,17-18H,3-8,15-16,19H2,1-2H3,(H,29,31)(H,33,34). The maximum absolute atomic E-state index is 13.5. The van der Waals surface area contributed by atoms with Crippen molar-refractivity contribution in [1.29, 1.82) is 0 Å². The molecule has 0 atom stereocenters. The zero-order valence-corrected chi connectivity index (χ0v) is 22.6. The Morgan fingerprint density at radius 3 is 2.53 bits per heavy atom. The van der Waals surface area contributed by atoms with Gasteiger partial charge in [-0.1, -0.05) is 25.1 Å². The molecular weight excluding hydrogens is 508 g/mol. The fourth-order valence-electron chi connectivity index (χ4n) is 3.96. The minimum atomic E-state index is -0.895. The van der Waals surface area contributed by atoms with Crippen molar-refractivity contribution in [3.63, 3.8) is 0 Å². The summed E-state index contributed by atoms with van der Waals surface area (Å²) in [6.07, 6.45) is 5.98. The second kappa shape index (κ2) is 15.0. The first-order valence-electron chi connectivity index (χ1n) is 12.6. The van der Waals surface area contributed by atoms with E-state index in [1.807, 2.05) is 49.4 Å². The predicted octanol–water partition coefficient (Wildman–Crippen LogP) is 5.23. The smallest absolute Gasteiger partial charge is 0.303 e. The predicted molar refractivity (Wildman–Crippen MR) is 148 cm³/mol. The number of fused-ring (bicyclic) bond motifs is 2. The van der Waals surface area contributed by atoms with Gasteiger partial charge in [0.1, 0.15) is 11.5 Å². The highest BCUT2D eigenvalue weighted by molar-refractivity contribution is 7.90. The van der Waals surface area contributed by atoms with E-state index in [0.29, 0.717) is 44.0 Å². The van der Waals surface area contributed by atoms with Crippen LogP contribution < -0.4 is 19.1 Å². The van der Waals surface area contributed by atoms with Crippen LogP contribution in [0, 0.1) is 0 Å². The average molecular weight is 543 g/mol. The van der Waals surface area contributed by atoms with Crippen LogP contribution in [0.25, 0.3) is 12.2 Å². The summed E-state index contributed by atoms with van der Waals surface area (Å²) in [4.78, 5) is 38.0. The Morgan fingerprint density at radius 1 is 1.00 bits per heavy atom. The van der Waals surface area contributed by atoms with Gasteiger partial charge >= 0.3 is 5.97 Å². The third-order valence-electron chi connectivity index (χ3n) is 5.83. The highest BCUT2D eigenvalue weighted by Gasteiger charge is 2.22. The molecule has 0 bridgehead atoms. The number of carboxylic acids is 1. The lowest BCUT2D eigenvalue weighted by Gasteiger charge is -2.28. The molecule has 204 valence electrons. The zero-order valence-electron chi connectivity index (χ0n) is 21.7. The molecule has 1 aliphatic heterocycles. The van der Waals surface area contributed by atoms with Gasteiger partial charge in [-0.05, 0) is 60.2 Å². The molecule has 9 nitrogen and oxygen atoms in total. The van der Waals surface area contributed by atoms with Crippen LogP contribution in [0.15, 0.2) is 36.4 Å². The summed E-state index contributed by atoms with van der Waals surface area (Å²) >= 11 is 0.841. The van der Waals surface area contributed by atoms with Gasteiger partial charge in [-0.15, -0.1) is 0 Å². The number of aliphatic carboxylic acids is 1. The van der Waals surface area contributed by atoms with Crippen LogP contribution in [0.4, 0.5) is 5.69 Å². The second-order valence-corrected chi connectivity index (χ2v) is 9.40. The summed E-state index contributed by atoms with van der Waals surface area (Å²) in [7, 11) is 1.51. The summed E-state index contributed by atoms with van der Waals surface area (Å²) < 4.78 is 16.3. The van der Waals surface area contributed by atoms with Crippen molar-refractivity contribution in [3.05, 3.63) is 53.1 Å². The quantitative estimate of drug-likeness (QED) is 0.246. The van der Waals surface area contributed by atoms with Gasteiger partial charge in [0, 0.05) is 31.9 Å². The van der Waals surface area contributed by atoms with Crippen LogP contribution in [0.1, 0.15) is 62.1 Å². The molecule has 10 heteroatoms. The number of hydrogen-bond acceptors (Lipinski definition) is 7. The molecule has 2 N–H and O–H groups in total. The SMILES string of the molecule is CCCOc1ccc2c(c1)CN(C(=O)CCCC(=O)NCCCC(=O)O)c1cc(OSOC)ccc1C=C2. The maximum atomic E-state index is 13.5. The van der Waals surface area contributed by atoms with Crippen molar-refractivity contribution in [2.45, 2.75) is 52.0 Å². The van der Waals surface area contributed by atoms with E-state index in [-0.39, 0.29) is 31.1 Å². The first-order valence-corrected chi connectivity index (χ1v) is 13.3. The number of nitrogens with zero attached hydrogens (tertiary/aromatic N) is 1. The summed E-state index contributed by atoms with van der Waals surface area (Å²) in [6, 6.07) is 11.4. The van der Waals surface area contributed by atoms with Crippen LogP contribution in [0.3, 0.4) is 0 Å². The van der Waals surface area contributed by atoms with Crippen LogP contribution in [0.5, 0.6) is 11.5 Å². The normalized spacial score (nSPS) is 12.1. The number of carbonyl (C=O) groups excluding carboxylic acids is 2. The van der Waals surface area contributed by atoms with E-state index in [9.17, 15) is 14.4 Å². The third kappa shape index (κ3) is 8.81. The monoisotopic (exact) mass is 542 g/mol. The lowest BCUT2D eigenvalue weighted by molar-refractivity contribution is -0.137. The van der Waals surface area contributed by atoms with Gasteiger partial charge in [0.15, 0.2) is 0 Å². The highest BCUT2D eigenvalue weighted by Crippen LogP contribution is 2.34. The lowest BCUT2D eigenvalue weighted by Crippen LogP contribution is -2.32. The van der Waals surface area contributed by atoms with Crippen LogP contribution in [-0.4, -0.2) is 43.2 Å². The third-order valence-corrected chi connectivity index (χ3v) is 6.23. The number of carboxylic acid groups (broad SMARTS) is 1. The number of benzene rings is 2. The van der Waals surface area contributed by atoms with Crippen molar-refractivity contribution in [1.82, 2.24) is 5.32 Å². The molecule has 3 rings (SSSR count). The van der Waals surface area contributed by atoms with E-state index in [1.54, 1.807) is 11.0 Å². The summed E-state index contributed by atoms with van der Waals surface area (Å²) in [5.74, 6) is 0.0778. The Bertz CT molecular complexity index is 1150. The van der Waals surface area contributed by atoms with E-state index >= 15 is 0 Å².